The fourth-order valence-corrected chi connectivity index (χ4v) is 5.68. The third-order valence-corrected chi connectivity index (χ3v) is 7.93. The molecule has 1 saturated carbocycles. The predicted octanol–water partition coefficient (Wildman–Crippen LogP) is 4.48. The number of amides is 1. The van der Waals surface area contributed by atoms with Crippen LogP contribution < -0.4 is 5.32 Å². The highest BCUT2D eigenvalue weighted by atomic mass is 35.5. The van der Waals surface area contributed by atoms with Crippen LogP contribution in [0.25, 0.3) is 0 Å². The summed E-state index contributed by atoms with van der Waals surface area (Å²) in [5.74, 6) is -5.46. The second-order valence-corrected chi connectivity index (χ2v) is 10.2. The lowest BCUT2D eigenvalue weighted by Crippen LogP contribution is -2.36. The number of carbonyl (C=O) groups excluding carboxylic acids is 1. The molecule has 1 amide bonds. The van der Waals surface area contributed by atoms with Gasteiger partial charge in [0.15, 0.2) is 27.3 Å². The molecule has 0 radical (unpaired) electrons. The van der Waals surface area contributed by atoms with E-state index in [9.17, 15) is 31.5 Å². The zero-order valence-corrected chi connectivity index (χ0v) is 17.5. The summed E-state index contributed by atoms with van der Waals surface area (Å²) < 4.78 is 65.8. The molecule has 10 heteroatoms. The highest BCUT2D eigenvalue weighted by molar-refractivity contribution is 7.92. The van der Waals surface area contributed by atoms with Crippen molar-refractivity contribution in [1.82, 2.24) is 0 Å². The van der Waals surface area contributed by atoms with Crippen molar-refractivity contribution in [3.05, 3.63) is 58.4 Å². The van der Waals surface area contributed by atoms with Crippen molar-refractivity contribution in [2.24, 2.45) is 0 Å². The van der Waals surface area contributed by atoms with Crippen LogP contribution in [0.1, 0.15) is 43.0 Å². The Morgan fingerprint density at radius 2 is 1.70 bits per heavy atom. The van der Waals surface area contributed by atoms with Crippen molar-refractivity contribution in [2.75, 3.05) is 5.32 Å². The number of aliphatic hydroxyl groups is 1. The van der Waals surface area contributed by atoms with Gasteiger partial charge in [0.25, 0.3) is 5.91 Å². The van der Waals surface area contributed by atoms with E-state index in [0.29, 0.717) is 25.0 Å². The number of sulfone groups is 1. The fraction of sp³-hybridized carbons (Fsp3) is 0.350. The monoisotopic (exact) mass is 461 g/mol. The van der Waals surface area contributed by atoms with Crippen molar-refractivity contribution in [1.29, 1.82) is 0 Å². The number of rotatable bonds is 4. The summed E-state index contributed by atoms with van der Waals surface area (Å²) in [6.45, 7) is 1.65. The first-order chi connectivity index (χ1) is 13.9. The van der Waals surface area contributed by atoms with E-state index in [1.165, 1.54) is 12.1 Å². The molecule has 2 aromatic rings. The molecule has 0 saturated heterocycles. The minimum Gasteiger partial charge on any atom is -0.390 e. The molecule has 2 N–H and O–H groups in total. The van der Waals surface area contributed by atoms with Gasteiger partial charge < -0.3 is 10.4 Å². The molecule has 1 aliphatic rings. The van der Waals surface area contributed by atoms with E-state index >= 15 is 0 Å². The Balaban J connectivity index is 1.87. The van der Waals surface area contributed by atoms with E-state index in [2.05, 4.69) is 5.32 Å². The Morgan fingerprint density at radius 1 is 1.13 bits per heavy atom. The summed E-state index contributed by atoms with van der Waals surface area (Å²) in [7, 11) is -3.88. The quantitative estimate of drug-likeness (QED) is 0.658. The average molecular weight is 462 g/mol. The van der Waals surface area contributed by atoms with Gasteiger partial charge in [0.1, 0.15) is 0 Å². The van der Waals surface area contributed by atoms with Crippen LogP contribution in [-0.4, -0.2) is 30.3 Å². The lowest BCUT2D eigenvalue weighted by Gasteiger charge is -2.32. The maximum absolute atomic E-state index is 13.3. The molecule has 1 fully saturated rings. The van der Waals surface area contributed by atoms with Crippen molar-refractivity contribution >= 4 is 33.0 Å². The lowest BCUT2D eigenvalue weighted by molar-refractivity contribution is 0.0234. The van der Waals surface area contributed by atoms with E-state index in [1.54, 1.807) is 6.92 Å². The molecule has 0 aromatic heterocycles. The molecule has 30 heavy (non-hydrogen) atoms. The molecule has 0 spiro atoms. The number of hydrogen-bond donors (Lipinski definition) is 2. The molecule has 2 aromatic carbocycles. The number of hydrogen-bond acceptors (Lipinski definition) is 4. The Bertz CT molecular complexity index is 1070. The van der Waals surface area contributed by atoms with Gasteiger partial charge >= 0.3 is 0 Å². The summed E-state index contributed by atoms with van der Waals surface area (Å²) >= 11 is 6.08. The molecule has 3 rings (SSSR count). The summed E-state index contributed by atoms with van der Waals surface area (Å²) in [4.78, 5) is 12.2. The number of nitrogens with one attached hydrogen (secondary N) is 1. The Hall–Kier alpha value is -2.10. The minimum atomic E-state index is -3.88. The SMILES string of the molecule is C[C@]1(O)CC[C@H](S(=O)(=O)c2cc(C(=O)Nc3cc(F)c(F)c(F)c3)ccc2Cl)CC1. The van der Waals surface area contributed by atoms with Gasteiger partial charge in [0.2, 0.25) is 0 Å². The van der Waals surface area contributed by atoms with Crippen LogP contribution in [0.15, 0.2) is 35.2 Å². The Labute approximate surface area is 176 Å². The zero-order valence-electron chi connectivity index (χ0n) is 15.9. The van der Waals surface area contributed by atoms with E-state index in [-0.39, 0.29) is 34.0 Å². The van der Waals surface area contributed by atoms with Crippen molar-refractivity contribution in [3.63, 3.8) is 0 Å². The summed E-state index contributed by atoms with van der Waals surface area (Å²) in [5.41, 5.74) is -1.35. The Kier molecular flexibility index (Phi) is 6.18. The van der Waals surface area contributed by atoms with Gasteiger partial charge in [-0.3, -0.25) is 4.79 Å². The van der Waals surface area contributed by atoms with Crippen molar-refractivity contribution in [3.8, 4) is 0 Å². The van der Waals surface area contributed by atoms with Crippen LogP contribution in [0.5, 0.6) is 0 Å². The third-order valence-electron chi connectivity index (χ3n) is 5.19. The first-order valence-electron chi connectivity index (χ1n) is 9.12. The molecule has 1 aliphatic carbocycles. The van der Waals surface area contributed by atoms with Gasteiger partial charge in [-0.15, -0.1) is 0 Å². The normalized spacial score (nSPS) is 22.0. The zero-order chi connectivity index (χ0) is 22.3. The molecule has 5 nitrogen and oxygen atoms in total. The van der Waals surface area contributed by atoms with Crippen LogP contribution >= 0.6 is 11.6 Å². The molecule has 0 unspecified atom stereocenters. The summed E-state index contributed by atoms with van der Waals surface area (Å²) in [5, 5.41) is 11.4. The minimum absolute atomic E-state index is 0.0669. The molecule has 162 valence electrons. The fourth-order valence-electron chi connectivity index (χ4n) is 3.40. The van der Waals surface area contributed by atoms with E-state index in [1.807, 2.05) is 0 Å². The number of halogens is 4. The number of anilines is 1. The van der Waals surface area contributed by atoms with Gasteiger partial charge in [-0.05, 0) is 50.8 Å². The van der Waals surface area contributed by atoms with Crippen LogP contribution in [-0.2, 0) is 9.84 Å². The van der Waals surface area contributed by atoms with Crippen LogP contribution in [0.4, 0.5) is 18.9 Å². The summed E-state index contributed by atoms with van der Waals surface area (Å²) in [6.07, 6.45) is 1.12. The molecular formula is C20H19ClF3NO4S. The first kappa shape index (κ1) is 22.6. The summed E-state index contributed by atoms with van der Waals surface area (Å²) in [6, 6.07) is 4.82. The van der Waals surface area contributed by atoms with E-state index in [0.717, 1.165) is 6.07 Å². The second-order valence-electron chi connectivity index (χ2n) is 7.59. The van der Waals surface area contributed by atoms with Gasteiger partial charge in [-0.1, -0.05) is 11.6 Å². The van der Waals surface area contributed by atoms with Gasteiger partial charge in [-0.2, -0.15) is 0 Å². The lowest BCUT2D eigenvalue weighted by atomic mass is 9.86. The second kappa shape index (κ2) is 8.20. The van der Waals surface area contributed by atoms with Gasteiger partial charge in [0.05, 0.1) is 20.8 Å². The van der Waals surface area contributed by atoms with E-state index in [4.69, 9.17) is 11.6 Å². The number of carbonyl (C=O) groups is 1. The maximum Gasteiger partial charge on any atom is 0.255 e. The standard InChI is InChI=1S/C20H19ClF3NO4S/c1-20(27)6-4-13(5-7-20)30(28,29)17-8-11(2-3-14(17)21)19(26)25-12-9-15(22)18(24)16(23)10-12/h2-3,8-10,13,27H,4-7H2,1H3,(H,25,26)/t13-,20-. The third kappa shape index (κ3) is 4.63. The molecule has 0 bridgehead atoms. The van der Waals surface area contributed by atoms with Gasteiger partial charge in [-0.25, -0.2) is 21.6 Å². The first-order valence-corrected chi connectivity index (χ1v) is 11.0. The Morgan fingerprint density at radius 3 is 2.27 bits per heavy atom. The molecule has 0 heterocycles. The smallest absolute Gasteiger partial charge is 0.255 e. The molecular weight excluding hydrogens is 443 g/mol. The largest absolute Gasteiger partial charge is 0.390 e. The molecule has 0 aliphatic heterocycles. The average Bonchev–Trinajstić information content (AvgIpc) is 2.65. The maximum atomic E-state index is 13.3. The van der Waals surface area contributed by atoms with E-state index < -0.39 is 44.0 Å². The molecule has 0 atom stereocenters. The number of benzene rings is 2. The highest BCUT2D eigenvalue weighted by Gasteiger charge is 2.37. The van der Waals surface area contributed by atoms with Crippen molar-refractivity contribution in [2.45, 2.75) is 48.4 Å². The highest BCUT2D eigenvalue weighted by Crippen LogP contribution is 2.36. The topological polar surface area (TPSA) is 83.5 Å². The van der Waals surface area contributed by atoms with Crippen LogP contribution in [0.3, 0.4) is 0 Å². The van der Waals surface area contributed by atoms with Crippen LogP contribution in [0.2, 0.25) is 5.02 Å². The predicted molar refractivity (Wildman–Crippen MR) is 106 cm³/mol. The van der Waals surface area contributed by atoms with Gasteiger partial charge in [0, 0.05) is 23.4 Å². The van der Waals surface area contributed by atoms with Crippen LogP contribution in [0, 0.1) is 17.5 Å². The van der Waals surface area contributed by atoms with Crippen molar-refractivity contribution < 1.29 is 31.5 Å².